The molecule has 1 aromatic carbocycles. The molecule has 5 heteroatoms. The van der Waals surface area contributed by atoms with Crippen molar-refractivity contribution in [3.8, 4) is 0 Å². The molecule has 0 aliphatic carbocycles. The normalized spacial score (nSPS) is 12.3. The van der Waals surface area contributed by atoms with Crippen molar-refractivity contribution in [2.45, 2.75) is 45.1 Å². The van der Waals surface area contributed by atoms with Crippen LogP contribution in [0.2, 0.25) is 0 Å². The van der Waals surface area contributed by atoms with Gasteiger partial charge in [-0.2, -0.15) is 0 Å². The molecule has 0 radical (unpaired) electrons. The molecule has 1 aromatic heterocycles. The summed E-state index contributed by atoms with van der Waals surface area (Å²) in [5.41, 5.74) is 2.24. The number of unbranched alkanes of at least 4 members (excludes halogenated alkanes) is 1. The summed E-state index contributed by atoms with van der Waals surface area (Å²) in [5.74, 6) is -1.17. The Hall–Kier alpha value is -2.30. The lowest BCUT2D eigenvalue weighted by Crippen LogP contribution is -2.40. The first-order valence-corrected chi connectivity index (χ1v) is 8.08. The van der Waals surface area contributed by atoms with Gasteiger partial charge >= 0.3 is 5.97 Å². The number of benzene rings is 1. The quantitative estimate of drug-likeness (QED) is 0.786. The largest absolute Gasteiger partial charge is 0.480 e. The highest BCUT2D eigenvalue weighted by atomic mass is 16.4. The number of hydrogen-bond donors (Lipinski definition) is 2. The molecule has 124 valence electrons. The zero-order valence-electron chi connectivity index (χ0n) is 13.7. The summed E-state index contributed by atoms with van der Waals surface area (Å²) < 4.78 is 2.05. The summed E-state index contributed by atoms with van der Waals surface area (Å²) in [6, 6.07) is 7.28. The van der Waals surface area contributed by atoms with E-state index < -0.39 is 12.0 Å². The number of rotatable bonds is 8. The Labute approximate surface area is 136 Å². The topological polar surface area (TPSA) is 71.3 Å². The number of para-hydroxylation sites is 1. The van der Waals surface area contributed by atoms with Crippen LogP contribution in [0.3, 0.4) is 0 Å². The molecule has 23 heavy (non-hydrogen) atoms. The van der Waals surface area contributed by atoms with Crippen molar-refractivity contribution in [3.63, 3.8) is 0 Å². The number of carbonyl (C=O) groups excluding carboxylic acids is 1. The third-order valence-electron chi connectivity index (χ3n) is 4.08. The summed E-state index contributed by atoms with van der Waals surface area (Å²) in [7, 11) is 1.98. The number of nitrogens with one attached hydrogen (secondary N) is 1. The van der Waals surface area contributed by atoms with E-state index in [4.69, 9.17) is 5.11 Å². The predicted molar refractivity (Wildman–Crippen MR) is 90.3 cm³/mol. The maximum Gasteiger partial charge on any atom is 0.326 e. The number of hydrogen-bond acceptors (Lipinski definition) is 2. The summed E-state index contributed by atoms with van der Waals surface area (Å²) in [6.07, 6.45) is 5.11. The van der Waals surface area contributed by atoms with E-state index in [-0.39, 0.29) is 5.91 Å². The first-order valence-electron chi connectivity index (χ1n) is 8.08. The van der Waals surface area contributed by atoms with E-state index in [0.717, 1.165) is 29.3 Å². The van der Waals surface area contributed by atoms with Gasteiger partial charge in [0.05, 0.1) is 0 Å². The Bertz CT molecular complexity index is 691. The summed E-state index contributed by atoms with van der Waals surface area (Å²) in [6.45, 7) is 2.00. The van der Waals surface area contributed by atoms with E-state index in [1.54, 1.807) is 0 Å². The SMILES string of the molecule is CCCC[C@H](NC(=O)CCc1cn(C)c2ccccc12)C(=O)O. The zero-order valence-corrected chi connectivity index (χ0v) is 13.7. The Kier molecular flexibility index (Phi) is 5.79. The number of carboxylic acids is 1. The van der Waals surface area contributed by atoms with Crippen molar-refractivity contribution in [2.75, 3.05) is 0 Å². The predicted octanol–water partition coefficient (Wildman–Crippen LogP) is 2.87. The third kappa shape index (κ3) is 4.34. The van der Waals surface area contributed by atoms with Crippen LogP contribution >= 0.6 is 0 Å². The Balaban J connectivity index is 1.96. The maximum absolute atomic E-state index is 12.1. The van der Waals surface area contributed by atoms with Crippen LogP contribution in [-0.4, -0.2) is 27.6 Å². The Morgan fingerprint density at radius 2 is 2.04 bits per heavy atom. The van der Waals surface area contributed by atoms with Crippen molar-refractivity contribution in [2.24, 2.45) is 7.05 Å². The first kappa shape index (κ1) is 17.1. The number of aliphatic carboxylic acids is 1. The molecule has 0 bridgehead atoms. The van der Waals surface area contributed by atoms with Crippen LogP contribution in [-0.2, 0) is 23.1 Å². The number of carbonyl (C=O) groups is 2. The Morgan fingerprint density at radius 1 is 1.30 bits per heavy atom. The van der Waals surface area contributed by atoms with E-state index in [2.05, 4.69) is 5.32 Å². The van der Waals surface area contributed by atoms with Crippen LogP contribution in [0.25, 0.3) is 10.9 Å². The molecule has 0 saturated heterocycles. The molecule has 2 aromatic rings. The van der Waals surface area contributed by atoms with Crippen LogP contribution < -0.4 is 5.32 Å². The molecule has 2 rings (SSSR count). The molecule has 0 saturated carbocycles. The summed E-state index contributed by atoms with van der Waals surface area (Å²) in [4.78, 5) is 23.2. The van der Waals surface area contributed by atoms with E-state index in [0.29, 0.717) is 19.3 Å². The standard InChI is InChI=1S/C18H24N2O3/c1-3-4-8-15(18(22)23)19-17(21)11-10-13-12-20(2)16-9-6-5-7-14(13)16/h5-7,9,12,15H,3-4,8,10-11H2,1-2H3,(H,19,21)(H,22,23)/t15-/m0/s1. The lowest BCUT2D eigenvalue weighted by molar-refractivity contribution is -0.142. The molecule has 0 aliphatic rings. The maximum atomic E-state index is 12.1. The molecule has 1 heterocycles. The molecular weight excluding hydrogens is 292 g/mol. The van der Waals surface area contributed by atoms with Crippen LogP contribution in [0.5, 0.6) is 0 Å². The van der Waals surface area contributed by atoms with Gasteiger partial charge in [0.1, 0.15) is 6.04 Å². The van der Waals surface area contributed by atoms with Crippen LogP contribution in [0.15, 0.2) is 30.5 Å². The lowest BCUT2D eigenvalue weighted by Gasteiger charge is -2.13. The number of aryl methyl sites for hydroxylation is 2. The lowest BCUT2D eigenvalue weighted by atomic mass is 10.1. The molecule has 0 spiro atoms. The van der Waals surface area contributed by atoms with Crippen molar-refractivity contribution in [3.05, 3.63) is 36.0 Å². The van der Waals surface area contributed by atoms with Crippen molar-refractivity contribution in [1.82, 2.24) is 9.88 Å². The zero-order chi connectivity index (χ0) is 16.8. The average molecular weight is 316 g/mol. The highest BCUT2D eigenvalue weighted by Crippen LogP contribution is 2.21. The second kappa shape index (κ2) is 7.81. The van der Waals surface area contributed by atoms with E-state index in [9.17, 15) is 9.59 Å². The summed E-state index contributed by atoms with van der Waals surface area (Å²) >= 11 is 0. The highest BCUT2D eigenvalue weighted by Gasteiger charge is 2.19. The van der Waals surface area contributed by atoms with Crippen LogP contribution in [0, 0.1) is 0 Å². The van der Waals surface area contributed by atoms with Crippen molar-refractivity contribution in [1.29, 1.82) is 0 Å². The van der Waals surface area contributed by atoms with Gasteiger partial charge in [-0.1, -0.05) is 38.0 Å². The monoisotopic (exact) mass is 316 g/mol. The van der Waals surface area contributed by atoms with Crippen LogP contribution in [0.4, 0.5) is 0 Å². The molecule has 2 N–H and O–H groups in total. The molecule has 1 amide bonds. The van der Waals surface area contributed by atoms with Gasteiger partial charge in [0.2, 0.25) is 5.91 Å². The molecule has 0 aliphatic heterocycles. The van der Waals surface area contributed by atoms with Gasteiger partial charge in [-0.25, -0.2) is 4.79 Å². The highest BCUT2D eigenvalue weighted by molar-refractivity contribution is 5.86. The first-order chi connectivity index (χ1) is 11.0. The fourth-order valence-corrected chi connectivity index (χ4v) is 2.81. The average Bonchev–Trinajstić information content (AvgIpc) is 2.86. The number of amides is 1. The second-order valence-corrected chi connectivity index (χ2v) is 5.88. The molecule has 1 atom stereocenters. The smallest absolute Gasteiger partial charge is 0.326 e. The second-order valence-electron chi connectivity index (χ2n) is 5.88. The number of aromatic nitrogens is 1. The fraction of sp³-hybridized carbons (Fsp3) is 0.444. The Morgan fingerprint density at radius 3 is 2.74 bits per heavy atom. The minimum atomic E-state index is -0.961. The van der Waals surface area contributed by atoms with Gasteiger partial charge in [-0.05, 0) is 24.5 Å². The molecular formula is C18H24N2O3. The fourth-order valence-electron chi connectivity index (χ4n) is 2.81. The van der Waals surface area contributed by atoms with Gasteiger partial charge < -0.3 is 15.0 Å². The minimum absolute atomic E-state index is 0.207. The van der Waals surface area contributed by atoms with Gasteiger partial charge in [0.15, 0.2) is 0 Å². The van der Waals surface area contributed by atoms with Crippen molar-refractivity contribution < 1.29 is 14.7 Å². The van der Waals surface area contributed by atoms with E-state index in [1.165, 1.54) is 0 Å². The molecule has 0 unspecified atom stereocenters. The number of fused-ring (bicyclic) bond motifs is 1. The van der Waals surface area contributed by atoms with E-state index in [1.807, 2.05) is 49.0 Å². The van der Waals surface area contributed by atoms with Gasteiger partial charge in [0, 0.05) is 30.6 Å². The van der Waals surface area contributed by atoms with Gasteiger partial charge in [-0.3, -0.25) is 4.79 Å². The van der Waals surface area contributed by atoms with E-state index >= 15 is 0 Å². The van der Waals surface area contributed by atoms with Gasteiger partial charge in [-0.15, -0.1) is 0 Å². The molecule has 5 nitrogen and oxygen atoms in total. The number of nitrogens with zero attached hydrogens (tertiary/aromatic N) is 1. The molecule has 0 fully saturated rings. The van der Waals surface area contributed by atoms with Crippen molar-refractivity contribution >= 4 is 22.8 Å². The van der Waals surface area contributed by atoms with Gasteiger partial charge in [0.25, 0.3) is 0 Å². The minimum Gasteiger partial charge on any atom is -0.480 e. The van der Waals surface area contributed by atoms with Crippen LogP contribution in [0.1, 0.15) is 38.2 Å². The third-order valence-corrected chi connectivity index (χ3v) is 4.08. The number of carboxylic acid groups (broad SMARTS) is 1. The summed E-state index contributed by atoms with van der Waals surface area (Å²) in [5, 5.41) is 12.9.